The quantitative estimate of drug-likeness (QED) is 0.174. The highest BCUT2D eigenvalue weighted by Gasteiger charge is 2.19. The number of fused-ring (bicyclic) bond motifs is 4. The average molecular weight is 612 g/mol. The summed E-state index contributed by atoms with van der Waals surface area (Å²) in [5, 5.41) is -5.34. The summed E-state index contributed by atoms with van der Waals surface area (Å²) in [7, 11) is 0. The second-order valence-corrected chi connectivity index (χ2v) is 9.83. The highest BCUT2D eigenvalue weighted by Crippen LogP contribution is 2.46. The van der Waals surface area contributed by atoms with E-state index in [9.17, 15) is 13.7 Å². The molecule has 9 aromatic rings. The van der Waals surface area contributed by atoms with Crippen LogP contribution in [0.1, 0.15) is 39.8 Å². The topological polar surface area (TPSA) is 0 Å². The Balaban J connectivity index is 1.63. The fourth-order valence-corrected chi connectivity index (χ4v) is 5.25. The summed E-state index contributed by atoms with van der Waals surface area (Å²) in [5.74, 6) is 0. The lowest BCUT2D eigenvalue weighted by Gasteiger charge is -2.20. The molecule has 0 aliphatic rings. The van der Waals surface area contributed by atoms with Gasteiger partial charge in [-0.2, -0.15) is 0 Å². The first-order valence-electron chi connectivity index (χ1n) is 28.1. The molecule has 0 saturated carbocycles. The summed E-state index contributed by atoms with van der Waals surface area (Å²) in [6.07, 6.45) is 0. The first kappa shape index (κ1) is 10.3. The molecule has 214 valence electrons. The Morgan fingerprint density at radius 2 is 0.826 bits per heavy atom. The lowest BCUT2D eigenvalue weighted by atomic mass is 9.83. The standard InChI is InChI=1S/C46H30/c1-2-11-31(12-3-1)38-27-28-43-44(30-38)45(35-24-21-33(22-25-35)37-26-23-32-13-4-5-15-36(32)29-37)41-18-8-9-19-42(41)46(43)40-20-10-16-34-14-6-7-17-39(34)40/h1-30H/i1D,2D,3D,4D,5D,6D,7D,8D,9D,10D,11D,12D,13D,14D,15D,17D,18D,19D,20D,21D,22D,23D,24D,25D,26D,27D,28D,29D,30D. The molecule has 0 atom stereocenters. The van der Waals surface area contributed by atoms with Gasteiger partial charge in [0.05, 0.1) is 39.8 Å². The van der Waals surface area contributed by atoms with Gasteiger partial charge in [-0.25, -0.2) is 0 Å². The Labute approximate surface area is 309 Å². The predicted molar refractivity (Wildman–Crippen MR) is 198 cm³/mol. The van der Waals surface area contributed by atoms with E-state index in [4.69, 9.17) is 26.0 Å². The van der Waals surface area contributed by atoms with Crippen LogP contribution in [0.15, 0.2) is 181 Å². The monoisotopic (exact) mass is 611 g/mol. The molecular weight excluding hydrogens is 553 g/mol. The molecule has 0 aliphatic heterocycles. The van der Waals surface area contributed by atoms with Gasteiger partial charge in [0.2, 0.25) is 0 Å². The van der Waals surface area contributed by atoms with E-state index in [0.717, 1.165) is 6.07 Å². The third-order valence-corrected chi connectivity index (χ3v) is 7.26. The predicted octanol–water partition coefficient (Wildman–Crippen LogP) is 13.0. The van der Waals surface area contributed by atoms with E-state index in [1.807, 2.05) is 0 Å². The zero-order valence-corrected chi connectivity index (χ0v) is 23.1. The second kappa shape index (κ2) is 10.9. The van der Waals surface area contributed by atoms with Crippen LogP contribution < -0.4 is 0 Å². The van der Waals surface area contributed by atoms with E-state index >= 15 is 0 Å². The number of hydrogen-bond donors (Lipinski definition) is 0. The van der Waals surface area contributed by atoms with Crippen LogP contribution in [0.5, 0.6) is 0 Å². The van der Waals surface area contributed by atoms with Gasteiger partial charge in [0, 0.05) is 0 Å². The largest absolute Gasteiger partial charge is 0.0636 e. The van der Waals surface area contributed by atoms with Gasteiger partial charge in [0.1, 0.15) is 0 Å². The van der Waals surface area contributed by atoms with E-state index < -0.39 is 263 Å². The van der Waals surface area contributed by atoms with Crippen molar-refractivity contribution >= 4 is 43.1 Å². The summed E-state index contributed by atoms with van der Waals surface area (Å²) >= 11 is 0. The molecule has 0 N–H and O–H groups in total. The van der Waals surface area contributed by atoms with Crippen LogP contribution in [-0.2, 0) is 0 Å². The van der Waals surface area contributed by atoms with Crippen molar-refractivity contribution in [3.63, 3.8) is 0 Å². The summed E-state index contributed by atoms with van der Waals surface area (Å²) in [6.45, 7) is 0. The van der Waals surface area contributed by atoms with Gasteiger partial charge in [-0.1, -0.05) is 169 Å². The van der Waals surface area contributed by atoms with Crippen molar-refractivity contribution in [2.45, 2.75) is 0 Å². The third kappa shape index (κ3) is 4.38. The van der Waals surface area contributed by atoms with Crippen molar-refractivity contribution in [1.82, 2.24) is 0 Å². The van der Waals surface area contributed by atoms with Crippen molar-refractivity contribution < 1.29 is 39.8 Å². The molecule has 0 unspecified atom stereocenters. The Bertz CT molecular complexity index is 4160. The minimum Gasteiger partial charge on any atom is -0.0622 e. The molecule has 0 heterocycles. The third-order valence-electron chi connectivity index (χ3n) is 7.26. The molecule has 0 nitrogen and oxygen atoms in total. The Morgan fingerprint density at radius 1 is 0.283 bits per heavy atom. The van der Waals surface area contributed by atoms with Crippen LogP contribution in [0.2, 0.25) is 0 Å². The van der Waals surface area contributed by atoms with Crippen molar-refractivity contribution in [2.75, 3.05) is 0 Å². The Hall–Kier alpha value is -5.98. The van der Waals surface area contributed by atoms with Crippen LogP contribution in [0, 0.1) is 0 Å². The van der Waals surface area contributed by atoms with Crippen molar-refractivity contribution in [3.8, 4) is 44.5 Å². The maximum atomic E-state index is 10.0. The van der Waals surface area contributed by atoms with Crippen molar-refractivity contribution in [3.05, 3.63) is 181 Å². The lowest BCUT2D eigenvalue weighted by Crippen LogP contribution is -1.92. The van der Waals surface area contributed by atoms with Gasteiger partial charge in [0.25, 0.3) is 0 Å². The first-order chi connectivity index (χ1) is 34.9. The minimum atomic E-state index is -1.16. The van der Waals surface area contributed by atoms with E-state index in [2.05, 4.69) is 0 Å². The first-order valence-corrected chi connectivity index (χ1v) is 13.6. The summed E-state index contributed by atoms with van der Waals surface area (Å²) in [5.41, 5.74) is -6.63. The molecule has 0 spiro atoms. The smallest absolute Gasteiger partial charge is 0.0622 e. The minimum absolute atomic E-state index is 0.402. The number of benzene rings is 9. The fourth-order valence-electron chi connectivity index (χ4n) is 5.25. The molecule has 0 fully saturated rings. The van der Waals surface area contributed by atoms with Crippen molar-refractivity contribution in [2.24, 2.45) is 0 Å². The Morgan fingerprint density at radius 3 is 1.63 bits per heavy atom. The maximum absolute atomic E-state index is 10.0. The SMILES string of the molecule is [2H]c1cc2c([2H])c([2H])c([2H])c([2H])c2c(-c2c3c([2H])c([2H])c([2H])c([2H])c3c(-c3c([2H])c([2H])c(-c4c([2H])c([2H])c5c([2H])c([2H])c([2H])c([2H])c5c4[2H])c([2H])c3[2H])c3c([2H])c(-c4c([2H])c([2H])c([2H])c([2H])c4[2H])c([2H])c([2H])c23)c1[2H]. The number of hydrogen-bond acceptors (Lipinski definition) is 0. The van der Waals surface area contributed by atoms with E-state index in [0.29, 0.717) is 0 Å². The van der Waals surface area contributed by atoms with Gasteiger partial charge in [-0.15, -0.1) is 0 Å². The Kier molecular flexibility index (Phi) is 2.43. The molecule has 46 heavy (non-hydrogen) atoms. The summed E-state index contributed by atoms with van der Waals surface area (Å²) < 4.78 is 261. The number of rotatable bonds is 4. The van der Waals surface area contributed by atoms with Gasteiger partial charge < -0.3 is 0 Å². The molecule has 9 aromatic carbocycles. The molecular formula is C46H30. The van der Waals surface area contributed by atoms with E-state index in [1.54, 1.807) is 0 Å². The zero-order chi connectivity index (χ0) is 55.7. The van der Waals surface area contributed by atoms with E-state index in [1.165, 1.54) is 0 Å². The fraction of sp³-hybridized carbons (Fsp3) is 0. The molecule has 0 aliphatic carbocycles. The normalized spacial score (nSPS) is 20.3. The summed E-state index contributed by atoms with van der Waals surface area (Å²) in [4.78, 5) is 0. The zero-order valence-electron chi connectivity index (χ0n) is 52.1. The molecule has 9 rings (SSSR count). The van der Waals surface area contributed by atoms with Crippen LogP contribution >= 0.6 is 0 Å². The average Bonchev–Trinajstić information content (AvgIpc) is 3.39. The van der Waals surface area contributed by atoms with Crippen LogP contribution in [0.4, 0.5) is 0 Å². The molecule has 0 radical (unpaired) electrons. The van der Waals surface area contributed by atoms with Crippen LogP contribution in [-0.4, -0.2) is 0 Å². The lowest BCUT2D eigenvalue weighted by molar-refractivity contribution is 1.62. The van der Waals surface area contributed by atoms with Crippen LogP contribution in [0.3, 0.4) is 0 Å². The molecule has 0 saturated heterocycles. The van der Waals surface area contributed by atoms with Crippen LogP contribution in [0.25, 0.3) is 87.6 Å². The van der Waals surface area contributed by atoms with Gasteiger partial charge >= 0.3 is 0 Å². The van der Waals surface area contributed by atoms with Gasteiger partial charge in [0.15, 0.2) is 0 Å². The highest BCUT2D eigenvalue weighted by molar-refractivity contribution is 6.24. The molecule has 0 heteroatoms. The molecule has 0 amide bonds. The van der Waals surface area contributed by atoms with Gasteiger partial charge in [-0.3, -0.25) is 0 Å². The second-order valence-electron chi connectivity index (χ2n) is 9.83. The summed E-state index contributed by atoms with van der Waals surface area (Å²) in [6, 6.07) is -26.8. The van der Waals surface area contributed by atoms with E-state index in [-0.39, 0.29) is 0 Å². The molecule has 0 aromatic heterocycles. The van der Waals surface area contributed by atoms with Gasteiger partial charge in [-0.05, 0) is 99.7 Å². The highest BCUT2D eigenvalue weighted by atomic mass is 14.2. The van der Waals surface area contributed by atoms with Crippen molar-refractivity contribution in [1.29, 1.82) is 0 Å². The maximum Gasteiger partial charge on any atom is 0.0636 e. The molecule has 0 bridgehead atoms.